The van der Waals surface area contributed by atoms with Gasteiger partial charge in [0, 0.05) is 42.4 Å². The van der Waals surface area contributed by atoms with Crippen LogP contribution >= 0.6 is 0 Å². The molecule has 1 aliphatic carbocycles. The van der Waals surface area contributed by atoms with E-state index in [1.807, 2.05) is 29.2 Å². The number of likely N-dealkylation sites (tertiary alicyclic amines) is 1. The third kappa shape index (κ3) is 3.32. The van der Waals surface area contributed by atoms with E-state index >= 15 is 0 Å². The van der Waals surface area contributed by atoms with Crippen molar-refractivity contribution in [1.82, 2.24) is 20.0 Å². The summed E-state index contributed by atoms with van der Waals surface area (Å²) in [5.41, 5.74) is 0.897. The van der Waals surface area contributed by atoms with Gasteiger partial charge in [0.25, 0.3) is 5.91 Å². The van der Waals surface area contributed by atoms with Crippen LogP contribution in [0.2, 0.25) is 0 Å². The summed E-state index contributed by atoms with van der Waals surface area (Å²) in [6, 6.07) is 8.83. The summed E-state index contributed by atoms with van der Waals surface area (Å²) in [5.74, 6) is 2.18. The predicted octanol–water partition coefficient (Wildman–Crippen LogP) is 2.88. The van der Waals surface area contributed by atoms with Gasteiger partial charge in [-0.15, -0.1) is 0 Å². The number of benzene rings is 1. The molecule has 3 aromatic rings. The van der Waals surface area contributed by atoms with Crippen molar-refractivity contribution in [3.8, 4) is 0 Å². The number of piperidine rings is 1. The van der Waals surface area contributed by atoms with Crippen LogP contribution in [-0.4, -0.2) is 39.0 Å². The average Bonchev–Trinajstić information content (AvgIpc) is 3.46. The van der Waals surface area contributed by atoms with Crippen molar-refractivity contribution in [3.05, 3.63) is 58.0 Å². The fourth-order valence-corrected chi connectivity index (χ4v) is 4.07. The molecule has 2 aromatic heterocycles. The monoisotopic (exact) mass is 378 g/mol. The highest BCUT2D eigenvalue weighted by atomic mass is 16.5. The molecule has 0 radical (unpaired) electrons. The number of H-pyrrole nitrogens is 1. The molecule has 2 aliphatic rings. The number of amides is 1. The van der Waals surface area contributed by atoms with Crippen molar-refractivity contribution in [3.63, 3.8) is 0 Å². The molecular weight excluding hydrogens is 356 g/mol. The van der Waals surface area contributed by atoms with Crippen molar-refractivity contribution in [1.29, 1.82) is 0 Å². The molecule has 3 heterocycles. The highest BCUT2D eigenvalue weighted by molar-refractivity contribution is 6.05. The van der Waals surface area contributed by atoms with Crippen LogP contribution in [0.25, 0.3) is 10.9 Å². The molecule has 1 aromatic carbocycles. The number of pyridine rings is 1. The molecule has 0 unspecified atom stereocenters. The zero-order chi connectivity index (χ0) is 19.1. The highest BCUT2D eigenvalue weighted by Crippen LogP contribution is 2.38. The van der Waals surface area contributed by atoms with Gasteiger partial charge in [-0.3, -0.25) is 9.59 Å². The Morgan fingerprint density at radius 2 is 2.11 bits per heavy atom. The molecule has 0 bridgehead atoms. The minimum absolute atomic E-state index is 0.0869. The van der Waals surface area contributed by atoms with E-state index < -0.39 is 0 Å². The van der Waals surface area contributed by atoms with Crippen LogP contribution in [0.4, 0.5) is 0 Å². The molecule has 144 valence electrons. The number of nitrogens with one attached hydrogen (secondary N) is 1. The number of hydrogen-bond acceptors (Lipinski definition) is 5. The third-order valence-corrected chi connectivity index (χ3v) is 5.68. The number of aromatic amines is 1. The van der Waals surface area contributed by atoms with E-state index in [9.17, 15) is 9.59 Å². The first-order valence-electron chi connectivity index (χ1n) is 9.91. The van der Waals surface area contributed by atoms with Crippen LogP contribution in [-0.2, 0) is 6.42 Å². The van der Waals surface area contributed by atoms with Gasteiger partial charge in [0.05, 0.1) is 5.56 Å². The van der Waals surface area contributed by atoms with E-state index in [1.165, 1.54) is 6.07 Å². The molecular formula is C21H22N4O3. The van der Waals surface area contributed by atoms with Gasteiger partial charge in [0.1, 0.15) is 0 Å². The number of fused-ring (bicyclic) bond motifs is 1. The molecule has 1 saturated heterocycles. The Balaban J connectivity index is 1.34. The predicted molar refractivity (Wildman–Crippen MR) is 103 cm³/mol. The molecule has 0 spiro atoms. The molecule has 2 fully saturated rings. The summed E-state index contributed by atoms with van der Waals surface area (Å²) >= 11 is 0. The summed E-state index contributed by atoms with van der Waals surface area (Å²) in [4.78, 5) is 34.4. The summed E-state index contributed by atoms with van der Waals surface area (Å²) < 4.78 is 5.41. The first kappa shape index (κ1) is 17.2. The lowest BCUT2D eigenvalue weighted by Gasteiger charge is -2.32. The molecule has 1 atom stereocenters. The second kappa shape index (κ2) is 6.89. The number of rotatable bonds is 4. The SMILES string of the molecule is O=C(c1cc(=O)[nH]c2ccccc12)N1CCC[C@@H](Cc2nc(C3CC3)no2)C1. The first-order chi connectivity index (χ1) is 13.7. The average molecular weight is 378 g/mol. The summed E-state index contributed by atoms with van der Waals surface area (Å²) in [6.45, 7) is 1.34. The quantitative estimate of drug-likeness (QED) is 0.754. The van der Waals surface area contributed by atoms with Gasteiger partial charge in [-0.2, -0.15) is 4.98 Å². The molecule has 1 amide bonds. The summed E-state index contributed by atoms with van der Waals surface area (Å²) in [6.07, 6.45) is 4.95. The van der Waals surface area contributed by atoms with Gasteiger partial charge in [-0.25, -0.2) is 0 Å². The van der Waals surface area contributed by atoms with E-state index in [0.29, 0.717) is 48.3 Å². The van der Waals surface area contributed by atoms with Crippen LogP contribution in [0.1, 0.15) is 53.7 Å². The van der Waals surface area contributed by atoms with Crippen molar-refractivity contribution >= 4 is 16.8 Å². The van der Waals surface area contributed by atoms with Gasteiger partial charge in [-0.1, -0.05) is 23.4 Å². The number of aromatic nitrogens is 3. The Morgan fingerprint density at radius 3 is 2.96 bits per heavy atom. The zero-order valence-electron chi connectivity index (χ0n) is 15.6. The lowest BCUT2D eigenvalue weighted by Crippen LogP contribution is -2.41. The van der Waals surface area contributed by atoms with Crippen LogP contribution in [0.5, 0.6) is 0 Å². The Labute approximate surface area is 161 Å². The fourth-order valence-electron chi connectivity index (χ4n) is 4.07. The number of carbonyl (C=O) groups is 1. The summed E-state index contributed by atoms with van der Waals surface area (Å²) in [7, 11) is 0. The van der Waals surface area contributed by atoms with Crippen LogP contribution < -0.4 is 5.56 Å². The topological polar surface area (TPSA) is 92.1 Å². The van der Waals surface area contributed by atoms with E-state index in [1.54, 1.807) is 0 Å². The van der Waals surface area contributed by atoms with Gasteiger partial charge >= 0.3 is 0 Å². The molecule has 28 heavy (non-hydrogen) atoms. The maximum atomic E-state index is 13.2. The maximum absolute atomic E-state index is 13.2. The molecule has 1 saturated carbocycles. The lowest BCUT2D eigenvalue weighted by atomic mass is 9.94. The Kier molecular flexibility index (Phi) is 4.22. The van der Waals surface area contributed by atoms with Gasteiger partial charge in [-0.05, 0) is 37.7 Å². The van der Waals surface area contributed by atoms with E-state index in [4.69, 9.17) is 4.52 Å². The van der Waals surface area contributed by atoms with E-state index in [-0.39, 0.29) is 11.5 Å². The Morgan fingerprint density at radius 1 is 1.25 bits per heavy atom. The van der Waals surface area contributed by atoms with Crippen LogP contribution in [0.15, 0.2) is 39.6 Å². The molecule has 5 rings (SSSR count). The van der Waals surface area contributed by atoms with Crippen molar-refractivity contribution in [2.75, 3.05) is 13.1 Å². The molecule has 7 nitrogen and oxygen atoms in total. The molecule has 7 heteroatoms. The fraction of sp³-hybridized carbons (Fsp3) is 0.429. The smallest absolute Gasteiger partial charge is 0.254 e. The van der Waals surface area contributed by atoms with E-state index in [0.717, 1.165) is 36.9 Å². The van der Waals surface area contributed by atoms with Gasteiger partial charge < -0.3 is 14.4 Å². The van der Waals surface area contributed by atoms with Crippen molar-refractivity contribution in [2.24, 2.45) is 5.92 Å². The number of para-hydroxylation sites is 1. The summed E-state index contributed by atoms with van der Waals surface area (Å²) in [5, 5.41) is 4.86. The number of nitrogens with zero attached hydrogens (tertiary/aromatic N) is 3. The maximum Gasteiger partial charge on any atom is 0.254 e. The Bertz CT molecular complexity index is 1080. The minimum atomic E-state index is -0.255. The second-order valence-electron chi connectivity index (χ2n) is 7.88. The van der Waals surface area contributed by atoms with Crippen LogP contribution in [0.3, 0.4) is 0 Å². The lowest BCUT2D eigenvalue weighted by molar-refractivity contribution is 0.0670. The first-order valence-corrected chi connectivity index (χ1v) is 9.91. The molecule has 1 N–H and O–H groups in total. The second-order valence-corrected chi connectivity index (χ2v) is 7.88. The number of carbonyl (C=O) groups excluding carboxylic acids is 1. The van der Waals surface area contributed by atoms with Crippen molar-refractivity contribution in [2.45, 2.75) is 38.0 Å². The highest BCUT2D eigenvalue weighted by Gasteiger charge is 2.30. The standard InChI is InChI=1S/C21H22N4O3/c26-18-11-16(15-5-1-2-6-17(15)22-18)21(27)25-9-3-4-13(12-25)10-19-23-20(24-28-19)14-7-8-14/h1-2,5-6,11,13-14H,3-4,7-10,12H2,(H,22,26)/t13-/m0/s1. The molecule has 1 aliphatic heterocycles. The Hall–Kier alpha value is -2.96. The third-order valence-electron chi connectivity index (χ3n) is 5.68. The normalized spacial score (nSPS) is 19.9. The van der Waals surface area contributed by atoms with E-state index in [2.05, 4.69) is 15.1 Å². The minimum Gasteiger partial charge on any atom is -0.339 e. The number of hydrogen-bond donors (Lipinski definition) is 1. The van der Waals surface area contributed by atoms with Gasteiger partial charge in [0.2, 0.25) is 11.4 Å². The van der Waals surface area contributed by atoms with Crippen LogP contribution in [0, 0.1) is 5.92 Å². The van der Waals surface area contributed by atoms with Gasteiger partial charge in [0.15, 0.2) is 5.82 Å². The van der Waals surface area contributed by atoms with Crippen molar-refractivity contribution < 1.29 is 9.32 Å². The zero-order valence-corrected chi connectivity index (χ0v) is 15.6. The largest absolute Gasteiger partial charge is 0.339 e.